The Morgan fingerprint density at radius 3 is 2.80 bits per heavy atom. The maximum Gasteiger partial charge on any atom is 0.180 e. The lowest BCUT2D eigenvalue weighted by molar-refractivity contribution is 0.101. The van der Waals surface area contributed by atoms with Crippen molar-refractivity contribution in [3.63, 3.8) is 0 Å². The molecule has 0 heterocycles. The number of carbonyl (C=O) groups excluding carboxylic acids is 1. The largest absolute Gasteiger partial charge is 0.492 e. The number of alkyl halides is 1. The van der Waals surface area contributed by atoms with E-state index in [-0.39, 0.29) is 22.8 Å². The Kier molecular flexibility index (Phi) is 3.64. The number of methoxy groups -OCH3 is 1. The Morgan fingerprint density at radius 2 is 2.33 bits per heavy atom. The van der Waals surface area contributed by atoms with Crippen LogP contribution in [0, 0.1) is 17.1 Å². The summed E-state index contributed by atoms with van der Waals surface area (Å²) in [6, 6.07) is 4.31. The van der Waals surface area contributed by atoms with Gasteiger partial charge in [-0.05, 0) is 12.1 Å². The lowest BCUT2D eigenvalue weighted by Gasteiger charge is -2.06. The van der Waals surface area contributed by atoms with Gasteiger partial charge in [-0.3, -0.25) is 4.79 Å². The number of nitrogens with zero attached hydrogens (tertiary/aromatic N) is 1. The van der Waals surface area contributed by atoms with E-state index in [2.05, 4.69) is 0 Å². The number of benzene rings is 1. The summed E-state index contributed by atoms with van der Waals surface area (Å²) in [5.74, 6) is -1.93. The van der Waals surface area contributed by atoms with Crippen LogP contribution < -0.4 is 4.74 Å². The van der Waals surface area contributed by atoms with Crippen LogP contribution in [0.4, 0.5) is 4.39 Å². The molecule has 0 bridgehead atoms. The topological polar surface area (TPSA) is 50.1 Å². The fourth-order valence-corrected chi connectivity index (χ4v) is 1.27. The molecule has 0 spiro atoms. The quantitative estimate of drug-likeness (QED) is 0.587. The van der Waals surface area contributed by atoms with Gasteiger partial charge in [-0.15, -0.1) is 11.6 Å². The molecule has 1 aromatic rings. The van der Waals surface area contributed by atoms with Gasteiger partial charge in [0.05, 0.1) is 24.1 Å². The zero-order valence-electron chi connectivity index (χ0n) is 7.88. The summed E-state index contributed by atoms with van der Waals surface area (Å²) in [6.07, 6.45) is 0. The third-order valence-corrected chi connectivity index (χ3v) is 2.09. The lowest BCUT2D eigenvalue weighted by atomic mass is 10.1. The van der Waals surface area contributed by atoms with Crippen LogP contribution in [0.3, 0.4) is 0 Å². The maximum absolute atomic E-state index is 13.6. The molecule has 0 amide bonds. The highest BCUT2D eigenvalue weighted by Gasteiger charge is 2.18. The smallest absolute Gasteiger partial charge is 0.180 e. The summed E-state index contributed by atoms with van der Waals surface area (Å²) in [5.41, 5.74) is -0.123. The minimum absolute atomic E-state index is 0.0427. The molecule has 0 aliphatic carbocycles. The van der Waals surface area contributed by atoms with Gasteiger partial charge in [-0.1, -0.05) is 0 Å². The first-order valence-electron chi connectivity index (χ1n) is 4.01. The van der Waals surface area contributed by atoms with E-state index in [1.54, 1.807) is 6.07 Å². The zero-order valence-corrected chi connectivity index (χ0v) is 8.64. The van der Waals surface area contributed by atoms with Crippen molar-refractivity contribution < 1.29 is 13.9 Å². The molecular formula is C10H7ClFNO2. The van der Waals surface area contributed by atoms with Crippen molar-refractivity contribution in [1.29, 1.82) is 5.26 Å². The number of Topliss-reactive ketones (excluding diaryl/α,β-unsaturated/α-hetero) is 1. The summed E-state index contributed by atoms with van der Waals surface area (Å²) >= 11 is 5.31. The standard InChI is InChI=1S/C10H7ClFNO2/c1-15-10-6(5-13)2-3-7(9(10)12)8(14)4-11/h2-3H,4H2,1H3. The molecule has 0 atom stereocenters. The molecule has 15 heavy (non-hydrogen) atoms. The first kappa shape index (κ1) is 11.5. The van der Waals surface area contributed by atoms with E-state index >= 15 is 0 Å². The Bertz CT molecular complexity index is 440. The van der Waals surface area contributed by atoms with Crippen molar-refractivity contribution in [3.8, 4) is 11.8 Å². The predicted molar refractivity (Wildman–Crippen MR) is 52.7 cm³/mol. The van der Waals surface area contributed by atoms with Crippen molar-refractivity contribution in [2.24, 2.45) is 0 Å². The number of rotatable bonds is 3. The van der Waals surface area contributed by atoms with E-state index in [0.717, 1.165) is 0 Å². The summed E-state index contributed by atoms with van der Waals surface area (Å²) in [4.78, 5) is 11.2. The molecule has 3 nitrogen and oxygen atoms in total. The molecule has 0 fully saturated rings. The molecule has 0 aliphatic rings. The van der Waals surface area contributed by atoms with Gasteiger partial charge in [-0.2, -0.15) is 5.26 Å². The normalized spacial score (nSPS) is 9.47. The van der Waals surface area contributed by atoms with Crippen molar-refractivity contribution in [2.75, 3.05) is 13.0 Å². The Morgan fingerprint density at radius 1 is 1.67 bits per heavy atom. The summed E-state index contributed by atoms with van der Waals surface area (Å²) in [5, 5.41) is 8.65. The van der Waals surface area contributed by atoms with Crippen LogP contribution in [0.25, 0.3) is 0 Å². The number of nitriles is 1. The minimum atomic E-state index is -0.845. The fourth-order valence-electron chi connectivity index (χ4n) is 1.13. The van der Waals surface area contributed by atoms with Gasteiger partial charge in [0.1, 0.15) is 6.07 Å². The van der Waals surface area contributed by atoms with E-state index in [0.29, 0.717) is 0 Å². The number of carbonyl (C=O) groups is 1. The molecule has 1 rings (SSSR count). The Hall–Kier alpha value is -1.60. The second kappa shape index (κ2) is 4.76. The van der Waals surface area contributed by atoms with Gasteiger partial charge in [-0.25, -0.2) is 4.39 Å². The molecule has 0 aromatic heterocycles. The van der Waals surface area contributed by atoms with E-state index in [9.17, 15) is 9.18 Å². The second-order valence-electron chi connectivity index (χ2n) is 2.68. The lowest BCUT2D eigenvalue weighted by Crippen LogP contribution is -2.06. The summed E-state index contributed by atoms with van der Waals surface area (Å²) in [6.45, 7) is 0. The van der Waals surface area contributed by atoms with Gasteiger partial charge >= 0.3 is 0 Å². The number of hydrogen-bond acceptors (Lipinski definition) is 3. The SMILES string of the molecule is COc1c(C#N)ccc(C(=O)CCl)c1F. The highest BCUT2D eigenvalue weighted by molar-refractivity contribution is 6.30. The summed E-state index contributed by atoms with van der Waals surface area (Å²) in [7, 11) is 1.23. The molecule has 0 unspecified atom stereocenters. The van der Waals surface area contributed by atoms with E-state index in [1.807, 2.05) is 0 Å². The zero-order chi connectivity index (χ0) is 11.4. The second-order valence-corrected chi connectivity index (χ2v) is 2.94. The van der Waals surface area contributed by atoms with Gasteiger partial charge in [0.15, 0.2) is 17.3 Å². The van der Waals surface area contributed by atoms with Crippen LogP contribution in [0.1, 0.15) is 15.9 Å². The van der Waals surface area contributed by atoms with Crippen LogP contribution in [0.2, 0.25) is 0 Å². The van der Waals surface area contributed by atoms with Crippen LogP contribution in [-0.4, -0.2) is 18.8 Å². The summed E-state index contributed by atoms with van der Waals surface area (Å²) < 4.78 is 18.3. The molecule has 0 aliphatic heterocycles. The van der Waals surface area contributed by atoms with Gasteiger partial charge in [0, 0.05) is 0 Å². The fraction of sp³-hybridized carbons (Fsp3) is 0.200. The maximum atomic E-state index is 13.6. The van der Waals surface area contributed by atoms with Crippen LogP contribution in [0.5, 0.6) is 5.75 Å². The van der Waals surface area contributed by atoms with Gasteiger partial charge in [0.2, 0.25) is 0 Å². The number of halogens is 2. The molecule has 0 saturated carbocycles. The van der Waals surface area contributed by atoms with Gasteiger partial charge < -0.3 is 4.74 Å². The first-order chi connectivity index (χ1) is 7.15. The van der Waals surface area contributed by atoms with Crippen molar-refractivity contribution >= 4 is 17.4 Å². The van der Waals surface area contributed by atoms with Crippen molar-refractivity contribution in [1.82, 2.24) is 0 Å². The van der Waals surface area contributed by atoms with Crippen LogP contribution >= 0.6 is 11.6 Å². The molecule has 78 valence electrons. The molecule has 0 saturated heterocycles. The van der Waals surface area contributed by atoms with Crippen molar-refractivity contribution in [2.45, 2.75) is 0 Å². The van der Waals surface area contributed by atoms with E-state index in [1.165, 1.54) is 19.2 Å². The highest BCUT2D eigenvalue weighted by atomic mass is 35.5. The number of ketones is 1. The third kappa shape index (κ3) is 2.08. The highest BCUT2D eigenvalue weighted by Crippen LogP contribution is 2.25. The number of ether oxygens (including phenoxy) is 1. The number of hydrogen-bond donors (Lipinski definition) is 0. The Balaban J connectivity index is 3.37. The Labute approximate surface area is 91.0 Å². The first-order valence-corrected chi connectivity index (χ1v) is 4.55. The molecule has 0 N–H and O–H groups in total. The third-order valence-electron chi connectivity index (χ3n) is 1.84. The van der Waals surface area contributed by atoms with Crippen molar-refractivity contribution in [3.05, 3.63) is 29.1 Å². The van der Waals surface area contributed by atoms with Crippen LogP contribution in [0.15, 0.2) is 12.1 Å². The van der Waals surface area contributed by atoms with Crippen LogP contribution in [-0.2, 0) is 0 Å². The van der Waals surface area contributed by atoms with E-state index in [4.69, 9.17) is 21.6 Å². The molecule has 1 aromatic carbocycles. The average Bonchev–Trinajstić information content (AvgIpc) is 2.27. The monoisotopic (exact) mass is 227 g/mol. The van der Waals surface area contributed by atoms with E-state index < -0.39 is 11.6 Å². The molecule has 0 radical (unpaired) electrons. The van der Waals surface area contributed by atoms with Gasteiger partial charge in [0.25, 0.3) is 0 Å². The average molecular weight is 228 g/mol. The molecule has 5 heteroatoms. The predicted octanol–water partition coefficient (Wildman–Crippen LogP) is 2.13. The molecular weight excluding hydrogens is 221 g/mol. The minimum Gasteiger partial charge on any atom is -0.492 e.